The molecule has 9 nitrogen and oxygen atoms in total. The Balaban J connectivity index is 0.000000342. The third-order valence-electron chi connectivity index (χ3n) is 7.48. The van der Waals surface area contributed by atoms with Gasteiger partial charge in [0.1, 0.15) is 17.7 Å². The average molecular weight is 561 g/mol. The molecule has 2 aliphatic rings. The number of hydrogen-bond donors (Lipinski definition) is 4. The Hall–Kier alpha value is -3.60. The van der Waals surface area contributed by atoms with Crippen molar-refractivity contribution in [3.05, 3.63) is 59.7 Å². The van der Waals surface area contributed by atoms with E-state index in [0.717, 1.165) is 18.5 Å². The van der Waals surface area contributed by atoms with Crippen molar-refractivity contribution >= 4 is 18.1 Å². The molecular weight excluding hydrogens is 518 g/mol. The summed E-state index contributed by atoms with van der Waals surface area (Å²) < 4.78 is 31.1. The Kier molecular flexibility index (Phi) is 12.4. The molecule has 0 spiro atoms. The highest BCUT2D eigenvalue weighted by Crippen LogP contribution is 2.48. The molecule has 220 valence electrons. The van der Waals surface area contributed by atoms with Crippen molar-refractivity contribution in [1.82, 2.24) is 20.6 Å². The van der Waals surface area contributed by atoms with Gasteiger partial charge in [0.25, 0.3) is 11.8 Å². The molecule has 0 radical (unpaired) electrons. The highest BCUT2D eigenvalue weighted by Gasteiger charge is 2.46. The zero-order chi connectivity index (χ0) is 29.9. The number of anilines is 1. The van der Waals surface area contributed by atoms with Crippen LogP contribution in [0.5, 0.6) is 5.88 Å². The van der Waals surface area contributed by atoms with E-state index in [9.17, 15) is 18.4 Å². The fourth-order valence-electron chi connectivity index (χ4n) is 5.32. The van der Waals surface area contributed by atoms with Gasteiger partial charge in [-0.15, -0.1) is 0 Å². The number of methoxy groups -OCH3 is 1. The zero-order valence-electron chi connectivity index (χ0n) is 24.0. The predicted octanol–water partition coefficient (Wildman–Crippen LogP) is 4.72. The van der Waals surface area contributed by atoms with Gasteiger partial charge in [0.2, 0.25) is 12.3 Å². The highest BCUT2D eigenvalue weighted by atomic mass is 19.3. The zero-order valence-corrected chi connectivity index (χ0v) is 24.0. The minimum Gasteiger partial charge on any atom is -0.480 e. The smallest absolute Gasteiger partial charge is 0.270 e. The van der Waals surface area contributed by atoms with Gasteiger partial charge in [0.15, 0.2) is 0 Å². The van der Waals surface area contributed by atoms with E-state index in [1.165, 1.54) is 57.9 Å². The Morgan fingerprint density at radius 1 is 1.25 bits per heavy atom. The maximum Gasteiger partial charge on any atom is 0.270 e. The molecule has 11 heteroatoms. The van der Waals surface area contributed by atoms with Crippen molar-refractivity contribution in [1.29, 1.82) is 0 Å². The molecule has 1 aromatic rings. The monoisotopic (exact) mass is 560 g/mol. The number of aromatic nitrogens is 2. The summed E-state index contributed by atoms with van der Waals surface area (Å²) in [7, 11) is 1.51. The number of alkyl halides is 2. The SMILES string of the molecule is C/C=C(\CCN)Nc1ncnc(OC)c1C(=O)NC1C2CC[C@H](C2)C1C.C=C/C(=C\C(=C/C)C(C)(F)F)NC=O. The van der Waals surface area contributed by atoms with Crippen LogP contribution >= 0.6 is 0 Å². The van der Waals surface area contributed by atoms with Crippen molar-refractivity contribution in [2.45, 2.75) is 65.3 Å². The van der Waals surface area contributed by atoms with Crippen LogP contribution < -0.4 is 26.4 Å². The molecular formula is C29H42F2N6O3. The Morgan fingerprint density at radius 3 is 2.45 bits per heavy atom. The first kappa shape index (κ1) is 32.6. The summed E-state index contributed by atoms with van der Waals surface area (Å²) >= 11 is 0. The molecule has 40 heavy (non-hydrogen) atoms. The third-order valence-corrected chi connectivity index (χ3v) is 7.48. The number of nitrogens with zero attached hydrogens (tertiary/aromatic N) is 2. The molecule has 2 aliphatic carbocycles. The molecule has 4 atom stereocenters. The number of hydrogen-bond acceptors (Lipinski definition) is 7. The quantitative estimate of drug-likeness (QED) is 0.215. The number of halogens is 2. The standard InChI is InChI=1S/C19H29N5O2.C10H13F2NO/c1-4-14(7-8-20)23-17-15(19(26-3)22-10-21-17)18(25)24-16-11(2)12-5-6-13(16)9-12;1-4-8(10(3,11)12)6-9(5-2)13-7-14/h4,10-13,16H,5-9,20H2,1-3H3,(H,24,25)(H,21,22,23);4-7H,2H2,1,3H3,(H,13,14)/b14-4+;8-4+,9-6+/t11?,12-,13?,16?;/m1./s1. The van der Waals surface area contributed by atoms with Crippen LogP contribution in [-0.2, 0) is 4.79 Å². The van der Waals surface area contributed by atoms with E-state index in [0.29, 0.717) is 42.6 Å². The minimum absolute atomic E-state index is 0.165. The van der Waals surface area contributed by atoms with Gasteiger partial charge >= 0.3 is 0 Å². The average Bonchev–Trinajstić information content (AvgIpc) is 3.52. The Morgan fingerprint density at radius 2 is 1.95 bits per heavy atom. The van der Waals surface area contributed by atoms with Crippen molar-refractivity contribution in [3.8, 4) is 5.88 Å². The summed E-state index contributed by atoms with van der Waals surface area (Å²) in [6.45, 7) is 10.4. The minimum atomic E-state index is -2.92. The fourth-order valence-corrected chi connectivity index (χ4v) is 5.32. The number of allylic oxidation sites excluding steroid dienone is 5. The van der Waals surface area contributed by atoms with Gasteiger partial charge in [0.05, 0.1) is 7.11 Å². The number of amides is 2. The molecule has 0 aliphatic heterocycles. The molecule has 1 heterocycles. The van der Waals surface area contributed by atoms with Gasteiger partial charge in [-0.2, -0.15) is 0 Å². The lowest BCUT2D eigenvalue weighted by molar-refractivity contribution is -0.108. The number of ether oxygens (including phenoxy) is 1. The molecule has 2 fully saturated rings. The number of nitrogens with one attached hydrogen (secondary N) is 3. The summed E-state index contributed by atoms with van der Waals surface area (Å²) in [6.07, 6.45) is 11.9. The number of carbonyl (C=O) groups is 2. The van der Waals surface area contributed by atoms with E-state index < -0.39 is 5.92 Å². The molecule has 1 aromatic heterocycles. The maximum absolute atomic E-state index is 13.1. The van der Waals surface area contributed by atoms with Crippen LogP contribution in [0, 0.1) is 17.8 Å². The molecule has 3 rings (SSSR count). The lowest BCUT2D eigenvalue weighted by Gasteiger charge is -2.29. The van der Waals surface area contributed by atoms with Crippen LogP contribution in [0.3, 0.4) is 0 Å². The first-order valence-corrected chi connectivity index (χ1v) is 13.4. The van der Waals surface area contributed by atoms with Crippen LogP contribution in [0.25, 0.3) is 0 Å². The topological polar surface area (TPSA) is 131 Å². The van der Waals surface area contributed by atoms with Crippen LogP contribution in [0.1, 0.15) is 63.7 Å². The highest BCUT2D eigenvalue weighted by molar-refractivity contribution is 6.01. The van der Waals surface area contributed by atoms with Crippen molar-refractivity contribution in [3.63, 3.8) is 0 Å². The van der Waals surface area contributed by atoms with Gasteiger partial charge in [-0.3, -0.25) is 9.59 Å². The van der Waals surface area contributed by atoms with E-state index >= 15 is 0 Å². The summed E-state index contributed by atoms with van der Waals surface area (Å²) in [5, 5.41) is 8.70. The second-order valence-corrected chi connectivity index (χ2v) is 9.97. The van der Waals surface area contributed by atoms with Crippen LogP contribution in [0.15, 0.2) is 54.2 Å². The van der Waals surface area contributed by atoms with Crippen LogP contribution in [0.4, 0.5) is 14.6 Å². The van der Waals surface area contributed by atoms with Crippen LogP contribution in [0.2, 0.25) is 0 Å². The van der Waals surface area contributed by atoms with Gasteiger partial charge in [0, 0.05) is 29.9 Å². The largest absolute Gasteiger partial charge is 0.480 e. The molecule has 2 amide bonds. The molecule has 2 bridgehead atoms. The summed E-state index contributed by atoms with van der Waals surface area (Å²) in [5.41, 5.74) is 6.99. The summed E-state index contributed by atoms with van der Waals surface area (Å²) in [4.78, 5) is 31.6. The van der Waals surface area contributed by atoms with Gasteiger partial charge < -0.3 is 26.4 Å². The van der Waals surface area contributed by atoms with Gasteiger partial charge in [-0.1, -0.05) is 25.7 Å². The number of rotatable bonds is 12. The lowest BCUT2D eigenvalue weighted by Crippen LogP contribution is -2.43. The van der Waals surface area contributed by atoms with Crippen molar-refractivity contribution in [2.24, 2.45) is 23.5 Å². The summed E-state index contributed by atoms with van der Waals surface area (Å²) in [6, 6.07) is 0.212. The van der Waals surface area contributed by atoms with Gasteiger partial charge in [-0.05, 0) is 76.0 Å². The number of fused-ring (bicyclic) bond motifs is 2. The van der Waals surface area contributed by atoms with Gasteiger partial charge in [-0.25, -0.2) is 18.7 Å². The second kappa shape index (κ2) is 15.3. The third kappa shape index (κ3) is 8.45. The summed E-state index contributed by atoms with van der Waals surface area (Å²) in [5.74, 6) is -0.560. The maximum atomic E-state index is 13.1. The van der Waals surface area contributed by atoms with E-state index in [1.54, 1.807) is 0 Å². The number of nitrogens with two attached hydrogens (primary N) is 1. The normalized spacial score (nSPS) is 22.6. The Labute approximate surface area is 235 Å². The number of carbonyl (C=O) groups excluding carboxylic acids is 2. The Bertz CT molecular complexity index is 1130. The van der Waals surface area contributed by atoms with Crippen LogP contribution in [-0.4, -0.2) is 47.9 Å². The molecule has 3 unspecified atom stereocenters. The van der Waals surface area contributed by atoms with E-state index in [4.69, 9.17) is 10.5 Å². The van der Waals surface area contributed by atoms with E-state index in [-0.39, 0.29) is 29.1 Å². The molecule has 0 aromatic carbocycles. The van der Waals surface area contributed by atoms with E-state index in [1.807, 2.05) is 13.0 Å². The van der Waals surface area contributed by atoms with Crippen molar-refractivity contribution < 1.29 is 23.1 Å². The lowest BCUT2D eigenvalue weighted by atomic mass is 9.86. The van der Waals surface area contributed by atoms with Crippen molar-refractivity contribution in [2.75, 3.05) is 19.0 Å². The fraction of sp³-hybridized carbons (Fsp3) is 0.517. The second-order valence-electron chi connectivity index (χ2n) is 9.97. The first-order valence-electron chi connectivity index (χ1n) is 13.4. The molecule has 5 N–H and O–H groups in total. The molecule has 0 saturated heterocycles. The first-order chi connectivity index (χ1) is 19.0. The predicted molar refractivity (Wildman–Crippen MR) is 153 cm³/mol. The molecule has 2 saturated carbocycles. The van der Waals surface area contributed by atoms with E-state index in [2.05, 4.69) is 39.4 Å².